The highest BCUT2D eigenvalue weighted by atomic mass is 16.5. The summed E-state index contributed by atoms with van der Waals surface area (Å²) in [4.78, 5) is 9.93. The van der Waals surface area contributed by atoms with Crippen molar-refractivity contribution in [2.75, 3.05) is 0 Å². The van der Waals surface area contributed by atoms with Crippen LogP contribution in [0.2, 0.25) is 0 Å². The first kappa shape index (κ1) is 10.8. The van der Waals surface area contributed by atoms with E-state index in [0.717, 1.165) is 0 Å². The maximum Gasteiger partial charge on any atom is 0.307 e. The molecule has 0 spiro atoms. The molecular formula is C7H11O2. The van der Waals surface area contributed by atoms with Crippen molar-refractivity contribution >= 4 is 5.97 Å². The Balaban J connectivity index is 0. The largest absolute Gasteiger partial charge is 0.435 e. The molecule has 0 aromatic rings. The summed E-state index contributed by atoms with van der Waals surface area (Å²) in [5.41, 5.74) is 0. The zero-order valence-corrected chi connectivity index (χ0v) is 5.76. The van der Waals surface area contributed by atoms with E-state index in [9.17, 15) is 4.79 Å². The van der Waals surface area contributed by atoms with Gasteiger partial charge < -0.3 is 4.74 Å². The minimum absolute atomic E-state index is 0.280. The lowest BCUT2D eigenvalue weighted by Crippen LogP contribution is -1.88. The van der Waals surface area contributed by atoms with Crippen LogP contribution in [-0.2, 0) is 9.53 Å². The molecule has 9 heavy (non-hydrogen) atoms. The van der Waals surface area contributed by atoms with Crippen molar-refractivity contribution in [1.29, 1.82) is 0 Å². The zero-order chi connectivity index (χ0) is 7.70. The van der Waals surface area contributed by atoms with Gasteiger partial charge in [0.1, 0.15) is 0 Å². The Morgan fingerprint density at radius 1 is 1.67 bits per heavy atom. The van der Waals surface area contributed by atoms with E-state index in [0.29, 0.717) is 0 Å². The average Bonchev–Trinajstić information content (AvgIpc) is 1.88. The molecular weight excluding hydrogens is 116 g/mol. The van der Waals surface area contributed by atoms with E-state index >= 15 is 0 Å². The first-order valence-corrected chi connectivity index (χ1v) is 2.46. The Morgan fingerprint density at radius 3 is 2.22 bits per heavy atom. The molecule has 1 radical (unpaired) electrons. The zero-order valence-electron chi connectivity index (χ0n) is 5.76. The Morgan fingerprint density at radius 2 is 2.11 bits per heavy atom. The van der Waals surface area contributed by atoms with E-state index in [4.69, 9.17) is 0 Å². The minimum atomic E-state index is -0.280. The maximum atomic E-state index is 9.93. The molecule has 0 aliphatic carbocycles. The molecule has 0 rings (SSSR count). The molecule has 51 valence electrons. The van der Waals surface area contributed by atoms with E-state index in [2.05, 4.69) is 17.9 Å². The summed E-state index contributed by atoms with van der Waals surface area (Å²) < 4.78 is 4.37. The fourth-order valence-electron chi connectivity index (χ4n) is 0.164. The second-order valence-electron chi connectivity index (χ2n) is 1.08. The third-order valence-corrected chi connectivity index (χ3v) is 0.370. The van der Waals surface area contributed by atoms with Crippen LogP contribution in [0, 0.1) is 6.58 Å². The van der Waals surface area contributed by atoms with Crippen LogP contribution in [0.1, 0.15) is 13.8 Å². The van der Waals surface area contributed by atoms with E-state index in [1.54, 1.807) is 13.0 Å². The topological polar surface area (TPSA) is 26.3 Å². The monoisotopic (exact) mass is 127 g/mol. The number of carbonyl (C=O) groups excluding carboxylic acids is 1. The van der Waals surface area contributed by atoms with Gasteiger partial charge in [-0.2, -0.15) is 0 Å². The van der Waals surface area contributed by atoms with Gasteiger partial charge in [-0.1, -0.05) is 19.2 Å². The summed E-state index contributed by atoms with van der Waals surface area (Å²) in [6.07, 6.45) is 3.00. The van der Waals surface area contributed by atoms with Crippen LogP contribution in [0.4, 0.5) is 0 Å². The van der Waals surface area contributed by atoms with E-state index in [1.807, 2.05) is 0 Å². The number of hydrogen-bond acceptors (Lipinski definition) is 2. The van der Waals surface area contributed by atoms with Crippen molar-refractivity contribution in [3.63, 3.8) is 0 Å². The molecule has 0 aliphatic rings. The van der Waals surface area contributed by atoms with Crippen LogP contribution >= 0.6 is 0 Å². The maximum absolute atomic E-state index is 9.93. The molecule has 0 aromatic carbocycles. The van der Waals surface area contributed by atoms with Crippen LogP contribution < -0.4 is 0 Å². The number of ether oxygens (including phenoxy) is 1. The number of carbonyl (C=O) groups is 1. The first-order chi connectivity index (χ1) is 4.27. The molecule has 0 amide bonds. The highest BCUT2D eigenvalue weighted by molar-refractivity contribution is 5.66. The van der Waals surface area contributed by atoms with Gasteiger partial charge >= 0.3 is 5.97 Å². The summed E-state index contributed by atoms with van der Waals surface area (Å²) in [5.74, 6) is -0.280. The molecule has 0 fully saturated rings. The molecule has 2 heteroatoms. The molecule has 0 aliphatic heterocycles. The first-order valence-electron chi connectivity index (χ1n) is 2.46. The molecule has 0 heterocycles. The molecule has 0 aromatic heterocycles. The third kappa shape index (κ3) is 19.6. The summed E-state index contributed by atoms with van der Waals surface area (Å²) in [6.45, 7) is 10.1. The molecule has 0 saturated carbocycles. The second kappa shape index (κ2) is 10.0. The predicted octanol–water partition coefficient (Wildman–Crippen LogP) is 1.69. The summed E-state index contributed by atoms with van der Waals surface area (Å²) in [7, 11) is 0. The van der Waals surface area contributed by atoms with Crippen LogP contribution in [0.15, 0.2) is 18.9 Å². The van der Waals surface area contributed by atoms with Crippen molar-refractivity contribution in [3.05, 3.63) is 25.5 Å². The molecule has 0 saturated heterocycles. The molecule has 0 bridgehead atoms. The number of rotatable bonds is 1. The Labute approximate surface area is 55.8 Å². The van der Waals surface area contributed by atoms with Gasteiger partial charge in [0.15, 0.2) is 0 Å². The standard InChI is InChI=1S/C5H8O2.C2H3/c1-3-4-7-5(2)6;1-2/h3-4H,1-2H3;1H,2H2. The van der Waals surface area contributed by atoms with Gasteiger partial charge in [-0.25, -0.2) is 0 Å². The predicted molar refractivity (Wildman–Crippen MR) is 36.5 cm³/mol. The summed E-state index contributed by atoms with van der Waals surface area (Å²) in [6, 6.07) is 0. The Kier molecular flexibility index (Phi) is 12.1. The number of esters is 1. The smallest absolute Gasteiger partial charge is 0.307 e. The number of allylic oxidation sites excluding steroid dienone is 1. The van der Waals surface area contributed by atoms with Gasteiger partial charge in [0.05, 0.1) is 6.26 Å². The fraction of sp³-hybridized carbons (Fsp3) is 0.286. The van der Waals surface area contributed by atoms with Gasteiger partial charge in [0.2, 0.25) is 0 Å². The van der Waals surface area contributed by atoms with Gasteiger partial charge in [-0.3, -0.25) is 4.79 Å². The van der Waals surface area contributed by atoms with Crippen LogP contribution in [0.25, 0.3) is 0 Å². The fourth-order valence-corrected chi connectivity index (χ4v) is 0.164. The number of hydrogen-bond donors (Lipinski definition) is 0. The Bertz CT molecular complexity index is 95.1. The van der Waals surface area contributed by atoms with Crippen LogP contribution in [0.5, 0.6) is 0 Å². The van der Waals surface area contributed by atoms with E-state index in [-0.39, 0.29) is 5.97 Å². The average molecular weight is 127 g/mol. The lowest BCUT2D eigenvalue weighted by Gasteiger charge is -1.85. The highest BCUT2D eigenvalue weighted by Crippen LogP contribution is 1.75. The van der Waals surface area contributed by atoms with E-state index < -0.39 is 0 Å². The quantitative estimate of drug-likeness (QED) is 0.395. The second-order valence-corrected chi connectivity index (χ2v) is 1.08. The van der Waals surface area contributed by atoms with Gasteiger partial charge in [0.25, 0.3) is 0 Å². The lowest BCUT2D eigenvalue weighted by molar-refractivity contribution is -0.135. The summed E-state index contributed by atoms with van der Waals surface area (Å²) >= 11 is 0. The SMILES string of the molecule is CC=COC(C)=O.[CH]=C. The van der Waals surface area contributed by atoms with Crippen LogP contribution in [0.3, 0.4) is 0 Å². The van der Waals surface area contributed by atoms with Crippen molar-refractivity contribution in [2.24, 2.45) is 0 Å². The molecule has 2 nitrogen and oxygen atoms in total. The third-order valence-electron chi connectivity index (χ3n) is 0.370. The Hall–Kier alpha value is -1.05. The van der Waals surface area contributed by atoms with Crippen molar-refractivity contribution in [1.82, 2.24) is 0 Å². The highest BCUT2D eigenvalue weighted by Gasteiger charge is 1.80. The van der Waals surface area contributed by atoms with Gasteiger partial charge in [0, 0.05) is 6.92 Å². The molecule has 0 N–H and O–H groups in total. The van der Waals surface area contributed by atoms with Crippen molar-refractivity contribution < 1.29 is 9.53 Å². The van der Waals surface area contributed by atoms with Crippen molar-refractivity contribution in [2.45, 2.75) is 13.8 Å². The molecule has 0 unspecified atom stereocenters. The lowest BCUT2D eigenvalue weighted by atomic mass is 10.7. The van der Waals surface area contributed by atoms with Crippen molar-refractivity contribution in [3.8, 4) is 0 Å². The molecule has 0 atom stereocenters. The van der Waals surface area contributed by atoms with E-state index in [1.165, 1.54) is 13.2 Å². The summed E-state index contributed by atoms with van der Waals surface area (Å²) in [5, 5.41) is 0. The van der Waals surface area contributed by atoms with Gasteiger partial charge in [-0.15, -0.1) is 0 Å². The minimum Gasteiger partial charge on any atom is -0.435 e. The normalized spacial score (nSPS) is 7.78. The van der Waals surface area contributed by atoms with Gasteiger partial charge in [-0.05, 0) is 6.92 Å². The van der Waals surface area contributed by atoms with Crippen LogP contribution in [-0.4, -0.2) is 5.97 Å².